The third kappa shape index (κ3) is 2.85. The molecule has 0 saturated heterocycles. The molecular formula is C13H20N2O6. The second-order valence-corrected chi connectivity index (χ2v) is 4.66. The maximum absolute atomic E-state index is 12.4. The molecule has 0 aromatic carbocycles. The SMILES string of the molecule is COC(=O)C1C(C(=O)N(C)OC)=C(OC)C(=O)N1C(C)C. The molecule has 1 aliphatic heterocycles. The van der Waals surface area contributed by atoms with Gasteiger partial charge in [0.15, 0.2) is 11.8 Å². The van der Waals surface area contributed by atoms with Gasteiger partial charge in [-0.15, -0.1) is 0 Å². The number of amides is 2. The molecule has 1 unspecified atom stereocenters. The summed E-state index contributed by atoms with van der Waals surface area (Å²) in [6, 6.07) is -1.47. The molecule has 8 heteroatoms. The lowest BCUT2D eigenvalue weighted by molar-refractivity contribution is -0.166. The van der Waals surface area contributed by atoms with Crippen LogP contribution in [0, 0.1) is 0 Å². The number of carbonyl (C=O) groups excluding carboxylic acids is 3. The maximum Gasteiger partial charge on any atom is 0.333 e. The van der Waals surface area contributed by atoms with Crippen molar-refractivity contribution >= 4 is 17.8 Å². The van der Waals surface area contributed by atoms with Crippen molar-refractivity contribution < 1.29 is 28.7 Å². The van der Waals surface area contributed by atoms with Crippen molar-refractivity contribution in [3.8, 4) is 0 Å². The zero-order chi connectivity index (χ0) is 16.3. The number of esters is 1. The highest BCUT2D eigenvalue weighted by atomic mass is 16.7. The van der Waals surface area contributed by atoms with E-state index in [2.05, 4.69) is 0 Å². The van der Waals surface area contributed by atoms with E-state index in [0.717, 1.165) is 5.06 Å². The van der Waals surface area contributed by atoms with Gasteiger partial charge in [-0.05, 0) is 13.8 Å². The predicted molar refractivity (Wildman–Crippen MR) is 71.6 cm³/mol. The normalized spacial score (nSPS) is 18.3. The highest BCUT2D eigenvalue weighted by Gasteiger charge is 2.49. The number of nitrogens with zero attached hydrogens (tertiary/aromatic N) is 2. The van der Waals surface area contributed by atoms with Gasteiger partial charge in [0.25, 0.3) is 11.8 Å². The van der Waals surface area contributed by atoms with Crippen molar-refractivity contribution in [2.45, 2.75) is 25.9 Å². The summed E-state index contributed by atoms with van der Waals surface area (Å²) in [5.41, 5.74) is -0.0904. The summed E-state index contributed by atoms with van der Waals surface area (Å²) in [5, 5.41) is 0.918. The standard InChI is InChI=1S/C13H20N2O6/c1-7(2)15-9(13(18)20-5)8(10(19-4)12(15)17)11(16)14(3)21-6/h7,9H,1-6H3. The molecule has 0 bridgehead atoms. The van der Waals surface area contributed by atoms with E-state index >= 15 is 0 Å². The quantitative estimate of drug-likeness (QED) is 0.512. The van der Waals surface area contributed by atoms with Crippen molar-refractivity contribution in [2.75, 3.05) is 28.4 Å². The van der Waals surface area contributed by atoms with E-state index in [1.165, 1.54) is 33.3 Å². The van der Waals surface area contributed by atoms with Gasteiger partial charge < -0.3 is 14.4 Å². The number of rotatable bonds is 5. The Kier molecular flexibility index (Phi) is 5.31. The van der Waals surface area contributed by atoms with Crippen molar-refractivity contribution in [1.82, 2.24) is 9.96 Å². The van der Waals surface area contributed by atoms with E-state index in [1.807, 2.05) is 0 Å². The number of hydrogen-bond donors (Lipinski definition) is 0. The van der Waals surface area contributed by atoms with E-state index < -0.39 is 23.8 Å². The van der Waals surface area contributed by atoms with Crippen LogP contribution in [0.25, 0.3) is 0 Å². The largest absolute Gasteiger partial charge is 0.491 e. The summed E-state index contributed by atoms with van der Waals surface area (Å²) in [4.78, 5) is 42.8. The summed E-state index contributed by atoms with van der Waals surface area (Å²) in [6.07, 6.45) is 0. The second kappa shape index (κ2) is 6.57. The molecule has 0 fully saturated rings. The van der Waals surface area contributed by atoms with E-state index in [4.69, 9.17) is 14.3 Å². The minimum Gasteiger partial charge on any atom is -0.491 e. The van der Waals surface area contributed by atoms with Gasteiger partial charge in [-0.2, -0.15) is 0 Å². The Balaban J connectivity index is 3.42. The molecule has 0 radical (unpaired) electrons. The minimum atomic E-state index is -1.15. The van der Waals surface area contributed by atoms with Crippen LogP contribution >= 0.6 is 0 Å². The first-order valence-electron chi connectivity index (χ1n) is 6.32. The third-order valence-electron chi connectivity index (χ3n) is 3.20. The summed E-state index contributed by atoms with van der Waals surface area (Å²) < 4.78 is 9.75. The number of ether oxygens (including phenoxy) is 2. The lowest BCUT2D eigenvalue weighted by Crippen LogP contribution is -2.47. The Hall–Kier alpha value is -2.09. The molecule has 0 aromatic heterocycles. The van der Waals surface area contributed by atoms with Crippen LogP contribution in [0.5, 0.6) is 0 Å². The van der Waals surface area contributed by atoms with Gasteiger partial charge in [-0.1, -0.05) is 0 Å². The Morgan fingerprint density at radius 2 is 1.81 bits per heavy atom. The smallest absolute Gasteiger partial charge is 0.333 e. The molecular weight excluding hydrogens is 280 g/mol. The molecule has 0 spiro atoms. The van der Waals surface area contributed by atoms with Gasteiger partial charge in [0.1, 0.15) is 5.57 Å². The molecule has 0 saturated carbocycles. The first-order chi connectivity index (χ1) is 9.81. The van der Waals surface area contributed by atoms with Gasteiger partial charge in [-0.25, -0.2) is 9.86 Å². The van der Waals surface area contributed by atoms with Crippen LogP contribution in [-0.2, 0) is 28.7 Å². The molecule has 1 aliphatic rings. The van der Waals surface area contributed by atoms with Gasteiger partial charge in [-0.3, -0.25) is 14.4 Å². The van der Waals surface area contributed by atoms with E-state index in [1.54, 1.807) is 13.8 Å². The summed E-state index contributed by atoms with van der Waals surface area (Å²) in [6.45, 7) is 3.46. The Morgan fingerprint density at radius 1 is 1.24 bits per heavy atom. The van der Waals surface area contributed by atoms with Gasteiger partial charge in [0.05, 0.1) is 21.3 Å². The molecule has 118 valence electrons. The van der Waals surface area contributed by atoms with Crippen LogP contribution in [0.2, 0.25) is 0 Å². The molecule has 8 nitrogen and oxygen atoms in total. The van der Waals surface area contributed by atoms with Crippen LogP contribution in [0.3, 0.4) is 0 Å². The van der Waals surface area contributed by atoms with Gasteiger partial charge in [0.2, 0.25) is 0 Å². The lowest BCUT2D eigenvalue weighted by Gasteiger charge is -2.28. The highest BCUT2D eigenvalue weighted by molar-refractivity contribution is 6.13. The van der Waals surface area contributed by atoms with Crippen molar-refractivity contribution in [2.24, 2.45) is 0 Å². The van der Waals surface area contributed by atoms with Crippen LogP contribution < -0.4 is 0 Å². The highest BCUT2D eigenvalue weighted by Crippen LogP contribution is 2.30. The van der Waals surface area contributed by atoms with Crippen LogP contribution in [0.1, 0.15) is 13.8 Å². The molecule has 0 aliphatic carbocycles. The summed E-state index contributed by atoms with van der Waals surface area (Å²) >= 11 is 0. The Morgan fingerprint density at radius 3 is 2.19 bits per heavy atom. The fraction of sp³-hybridized carbons (Fsp3) is 0.615. The number of hydrogen-bond acceptors (Lipinski definition) is 6. The molecule has 1 heterocycles. The third-order valence-corrected chi connectivity index (χ3v) is 3.20. The molecule has 1 rings (SSSR count). The van der Waals surface area contributed by atoms with E-state index in [9.17, 15) is 14.4 Å². The number of carbonyl (C=O) groups is 3. The number of likely N-dealkylation sites (N-methyl/N-ethyl adjacent to an activating group) is 1. The van der Waals surface area contributed by atoms with E-state index in [0.29, 0.717) is 0 Å². The first-order valence-corrected chi connectivity index (χ1v) is 6.32. The molecule has 0 N–H and O–H groups in total. The topological polar surface area (TPSA) is 85.4 Å². The zero-order valence-corrected chi connectivity index (χ0v) is 13.0. The monoisotopic (exact) mass is 300 g/mol. The van der Waals surface area contributed by atoms with E-state index in [-0.39, 0.29) is 17.4 Å². The van der Waals surface area contributed by atoms with Crippen LogP contribution in [0.15, 0.2) is 11.3 Å². The van der Waals surface area contributed by atoms with Crippen LogP contribution in [-0.4, -0.2) is 68.2 Å². The summed E-state index contributed by atoms with van der Waals surface area (Å²) in [7, 11) is 5.14. The average Bonchev–Trinajstić information content (AvgIpc) is 2.77. The summed E-state index contributed by atoms with van der Waals surface area (Å²) in [5.74, 6) is -2.05. The molecule has 1 atom stereocenters. The van der Waals surface area contributed by atoms with Gasteiger partial charge >= 0.3 is 5.97 Å². The Bertz CT molecular complexity index is 485. The second-order valence-electron chi connectivity index (χ2n) is 4.66. The van der Waals surface area contributed by atoms with Crippen LogP contribution in [0.4, 0.5) is 0 Å². The maximum atomic E-state index is 12.4. The number of methoxy groups -OCH3 is 2. The fourth-order valence-corrected chi connectivity index (χ4v) is 2.15. The first kappa shape index (κ1) is 17.0. The average molecular weight is 300 g/mol. The predicted octanol–water partition coefficient (Wildman–Crippen LogP) is -0.301. The zero-order valence-electron chi connectivity index (χ0n) is 13.0. The van der Waals surface area contributed by atoms with Crippen molar-refractivity contribution in [1.29, 1.82) is 0 Å². The molecule has 0 aromatic rings. The Labute approximate surface area is 123 Å². The van der Waals surface area contributed by atoms with Crippen molar-refractivity contribution in [3.05, 3.63) is 11.3 Å². The van der Waals surface area contributed by atoms with Crippen molar-refractivity contribution in [3.63, 3.8) is 0 Å². The molecule has 21 heavy (non-hydrogen) atoms. The lowest BCUT2D eigenvalue weighted by atomic mass is 10.1. The number of hydroxylamine groups is 2. The van der Waals surface area contributed by atoms with Gasteiger partial charge in [0, 0.05) is 13.1 Å². The fourth-order valence-electron chi connectivity index (χ4n) is 2.15. The minimum absolute atomic E-state index is 0.0904. The molecule has 2 amide bonds.